The molecule has 0 radical (unpaired) electrons. The minimum Gasteiger partial charge on any atom is -0.350 e. The van der Waals surface area contributed by atoms with E-state index in [-0.39, 0.29) is 5.91 Å². The molecule has 2 atom stereocenters. The SMILES string of the molecule is CC1CC(C)CN(C(=O)c2[nH]c3ccccc3c2Sc2ccc(Cl)cc2)C1. The van der Waals surface area contributed by atoms with Crippen LogP contribution in [0.2, 0.25) is 5.02 Å². The van der Waals surface area contributed by atoms with Crippen LogP contribution in [0.3, 0.4) is 0 Å². The highest BCUT2D eigenvalue weighted by molar-refractivity contribution is 7.99. The topological polar surface area (TPSA) is 36.1 Å². The normalized spacial score (nSPS) is 20.2. The number of halogens is 1. The molecular formula is C22H23ClN2OS. The molecule has 4 rings (SSSR count). The second kappa shape index (κ2) is 7.61. The van der Waals surface area contributed by atoms with E-state index in [1.54, 1.807) is 11.8 Å². The van der Waals surface area contributed by atoms with E-state index in [1.165, 1.54) is 6.42 Å². The first-order valence-corrected chi connectivity index (χ1v) is 10.5. The maximum Gasteiger partial charge on any atom is 0.271 e. The number of H-pyrrole nitrogens is 1. The second-order valence-corrected chi connectivity index (χ2v) is 9.11. The first kappa shape index (κ1) is 18.5. The average molecular weight is 399 g/mol. The summed E-state index contributed by atoms with van der Waals surface area (Å²) in [5.74, 6) is 1.17. The van der Waals surface area contributed by atoms with Crippen molar-refractivity contribution in [2.45, 2.75) is 30.1 Å². The van der Waals surface area contributed by atoms with Gasteiger partial charge < -0.3 is 9.88 Å². The lowest BCUT2D eigenvalue weighted by Gasteiger charge is -2.34. The van der Waals surface area contributed by atoms with E-state index in [0.29, 0.717) is 22.6 Å². The number of piperidine rings is 1. The average Bonchev–Trinajstić information content (AvgIpc) is 3.01. The third kappa shape index (κ3) is 3.87. The molecule has 1 aromatic heterocycles. The van der Waals surface area contributed by atoms with Crippen molar-refractivity contribution in [2.24, 2.45) is 11.8 Å². The van der Waals surface area contributed by atoms with Crippen LogP contribution in [0.4, 0.5) is 0 Å². The molecule has 0 spiro atoms. The van der Waals surface area contributed by atoms with Crippen molar-refractivity contribution in [3.8, 4) is 0 Å². The molecule has 0 aliphatic carbocycles. The number of para-hydroxylation sites is 1. The van der Waals surface area contributed by atoms with Gasteiger partial charge in [-0.1, -0.05) is 55.4 Å². The molecule has 5 heteroatoms. The molecule has 1 aliphatic heterocycles. The Bertz CT molecular complexity index is 956. The zero-order valence-electron chi connectivity index (χ0n) is 15.5. The Balaban J connectivity index is 1.73. The molecule has 1 N–H and O–H groups in total. The predicted molar refractivity (Wildman–Crippen MR) is 113 cm³/mol. The minimum absolute atomic E-state index is 0.0982. The summed E-state index contributed by atoms with van der Waals surface area (Å²) in [6, 6.07) is 15.9. The fourth-order valence-corrected chi connectivity index (χ4v) is 5.14. The quantitative estimate of drug-likeness (QED) is 0.579. The number of nitrogens with one attached hydrogen (secondary N) is 1. The van der Waals surface area contributed by atoms with E-state index in [2.05, 4.69) is 24.9 Å². The fraction of sp³-hybridized carbons (Fsp3) is 0.318. The summed E-state index contributed by atoms with van der Waals surface area (Å²) in [4.78, 5) is 20.8. The van der Waals surface area contributed by atoms with Gasteiger partial charge in [-0.05, 0) is 48.6 Å². The summed E-state index contributed by atoms with van der Waals surface area (Å²) in [6.07, 6.45) is 1.18. The highest BCUT2D eigenvalue weighted by Gasteiger charge is 2.29. The summed E-state index contributed by atoms with van der Waals surface area (Å²) in [6.45, 7) is 6.10. The number of amides is 1. The van der Waals surface area contributed by atoms with E-state index < -0.39 is 0 Å². The highest BCUT2D eigenvalue weighted by atomic mass is 35.5. The molecule has 140 valence electrons. The van der Waals surface area contributed by atoms with Crippen LogP contribution in [0.25, 0.3) is 10.9 Å². The summed E-state index contributed by atoms with van der Waals surface area (Å²) < 4.78 is 0. The third-order valence-electron chi connectivity index (χ3n) is 5.06. The standard InChI is InChI=1S/C22H23ClN2OS/c1-14-11-15(2)13-25(12-14)22(26)20-21(18-5-3-4-6-19(18)24-20)27-17-9-7-16(23)8-10-17/h3-10,14-15,24H,11-13H2,1-2H3. The van der Waals surface area contributed by atoms with Crippen LogP contribution in [0.5, 0.6) is 0 Å². The first-order chi connectivity index (χ1) is 13.0. The van der Waals surface area contributed by atoms with Gasteiger partial charge in [-0.3, -0.25) is 4.79 Å². The maximum atomic E-state index is 13.4. The molecule has 1 saturated heterocycles. The monoisotopic (exact) mass is 398 g/mol. The lowest BCUT2D eigenvalue weighted by atomic mass is 9.92. The summed E-state index contributed by atoms with van der Waals surface area (Å²) >= 11 is 7.64. The van der Waals surface area contributed by atoms with Gasteiger partial charge in [0.15, 0.2) is 0 Å². The Morgan fingerprint density at radius 2 is 1.74 bits per heavy atom. The minimum atomic E-state index is 0.0982. The number of aromatic amines is 1. The van der Waals surface area contributed by atoms with Gasteiger partial charge >= 0.3 is 0 Å². The predicted octanol–water partition coefficient (Wildman–Crippen LogP) is 6.09. The van der Waals surface area contributed by atoms with E-state index in [1.807, 2.05) is 47.4 Å². The molecule has 2 unspecified atom stereocenters. The highest BCUT2D eigenvalue weighted by Crippen LogP contribution is 2.38. The van der Waals surface area contributed by atoms with Gasteiger partial charge in [0.2, 0.25) is 0 Å². The number of fused-ring (bicyclic) bond motifs is 1. The number of likely N-dealkylation sites (tertiary alicyclic amines) is 1. The van der Waals surface area contributed by atoms with E-state index in [0.717, 1.165) is 33.8 Å². The number of aromatic nitrogens is 1. The maximum absolute atomic E-state index is 13.4. The number of rotatable bonds is 3. The van der Waals surface area contributed by atoms with Crippen molar-refractivity contribution in [2.75, 3.05) is 13.1 Å². The van der Waals surface area contributed by atoms with Gasteiger partial charge in [0.1, 0.15) is 5.69 Å². The molecule has 1 amide bonds. The molecule has 1 fully saturated rings. The summed E-state index contributed by atoms with van der Waals surface area (Å²) in [7, 11) is 0. The van der Waals surface area contributed by atoms with Gasteiger partial charge in [-0.25, -0.2) is 0 Å². The molecule has 3 aromatic rings. The first-order valence-electron chi connectivity index (χ1n) is 9.34. The van der Waals surface area contributed by atoms with Gasteiger partial charge in [-0.2, -0.15) is 0 Å². The number of nitrogens with zero attached hydrogens (tertiary/aromatic N) is 1. The summed E-state index contributed by atoms with van der Waals surface area (Å²) in [5.41, 5.74) is 1.69. The Morgan fingerprint density at radius 1 is 1.07 bits per heavy atom. The molecule has 2 heterocycles. The Labute approximate surface area is 169 Å². The van der Waals surface area contributed by atoms with Gasteiger partial charge in [0.05, 0.1) is 4.90 Å². The van der Waals surface area contributed by atoms with Crippen LogP contribution in [0.1, 0.15) is 30.8 Å². The zero-order valence-corrected chi connectivity index (χ0v) is 17.1. The number of carbonyl (C=O) groups excluding carboxylic acids is 1. The zero-order chi connectivity index (χ0) is 19.0. The van der Waals surface area contributed by atoms with Gasteiger partial charge in [0, 0.05) is 33.9 Å². The van der Waals surface area contributed by atoms with Crippen LogP contribution in [-0.2, 0) is 0 Å². The lowest BCUT2D eigenvalue weighted by Crippen LogP contribution is -2.42. The van der Waals surface area contributed by atoms with Crippen molar-refractivity contribution >= 4 is 40.2 Å². The lowest BCUT2D eigenvalue weighted by molar-refractivity contribution is 0.0614. The molecule has 3 nitrogen and oxygen atoms in total. The third-order valence-corrected chi connectivity index (χ3v) is 6.45. The number of carbonyl (C=O) groups is 1. The van der Waals surface area contributed by atoms with Crippen LogP contribution in [-0.4, -0.2) is 28.9 Å². The molecule has 1 aliphatic rings. The van der Waals surface area contributed by atoms with Gasteiger partial charge in [0.25, 0.3) is 5.91 Å². The number of hydrogen-bond acceptors (Lipinski definition) is 2. The van der Waals surface area contributed by atoms with Crippen LogP contribution in [0, 0.1) is 11.8 Å². The smallest absolute Gasteiger partial charge is 0.271 e. The second-order valence-electron chi connectivity index (χ2n) is 7.59. The van der Waals surface area contributed by atoms with Crippen molar-refractivity contribution in [1.29, 1.82) is 0 Å². The fourth-order valence-electron chi connectivity index (χ4n) is 3.98. The Morgan fingerprint density at radius 3 is 2.44 bits per heavy atom. The molecule has 2 aromatic carbocycles. The molecule has 0 saturated carbocycles. The largest absolute Gasteiger partial charge is 0.350 e. The summed E-state index contributed by atoms with van der Waals surface area (Å²) in [5, 5.41) is 1.80. The van der Waals surface area contributed by atoms with E-state index in [4.69, 9.17) is 11.6 Å². The Kier molecular flexibility index (Phi) is 5.20. The Hall–Kier alpha value is -1.91. The van der Waals surface area contributed by atoms with Gasteiger partial charge in [-0.15, -0.1) is 0 Å². The van der Waals surface area contributed by atoms with Crippen molar-refractivity contribution in [3.05, 3.63) is 59.2 Å². The molecule has 0 bridgehead atoms. The molecular weight excluding hydrogens is 376 g/mol. The van der Waals surface area contributed by atoms with Crippen molar-refractivity contribution in [3.63, 3.8) is 0 Å². The number of benzene rings is 2. The van der Waals surface area contributed by atoms with Crippen LogP contribution in [0.15, 0.2) is 58.3 Å². The van der Waals surface area contributed by atoms with Crippen molar-refractivity contribution in [1.82, 2.24) is 9.88 Å². The van der Waals surface area contributed by atoms with Crippen molar-refractivity contribution < 1.29 is 4.79 Å². The molecule has 27 heavy (non-hydrogen) atoms. The van der Waals surface area contributed by atoms with Crippen LogP contribution >= 0.6 is 23.4 Å². The van der Waals surface area contributed by atoms with Crippen LogP contribution < -0.4 is 0 Å². The van der Waals surface area contributed by atoms with E-state index in [9.17, 15) is 4.79 Å². The van der Waals surface area contributed by atoms with E-state index >= 15 is 0 Å². The number of hydrogen-bond donors (Lipinski definition) is 1.